The van der Waals surface area contributed by atoms with Crippen LogP contribution in [0.4, 0.5) is 10.1 Å². The molecule has 2 amide bonds. The molecule has 0 aromatic heterocycles. The van der Waals surface area contributed by atoms with E-state index in [1.807, 2.05) is 30.3 Å². The van der Waals surface area contributed by atoms with Gasteiger partial charge in [0, 0.05) is 29.6 Å². The fourth-order valence-electron chi connectivity index (χ4n) is 5.92. The van der Waals surface area contributed by atoms with E-state index >= 15 is 4.39 Å². The molecule has 0 spiro atoms. The number of carbonyl (C=O) groups excluding carboxylic acids is 2. The zero-order chi connectivity index (χ0) is 34.1. The van der Waals surface area contributed by atoms with Crippen LogP contribution in [0.3, 0.4) is 0 Å². The van der Waals surface area contributed by atoms with E-state index in [4.69, 9.17) is 16.3 Å². The number of amides is 2. The number of nitrogens with zero attached hydrogens (tertiary/aromatic N) is 2. The zero-order valence-corrected chi connectivity index (χ0v) is 28.3. The van der Waals surface area contributed by atoms with Crippen molar-refractivity contribution in [2.75, 3.05) is 17.5 Å². The van der Waals surface area contributed by atoms with Gasteiger partial charge in [-0.1, -0.05) is 85.1 Å². The van der Waals surface area contributed by atoms with Crippen molar-refractivity contribution in [3.63, 3.8) is 0 Å². The Morgan fingerprint density at radius 3 is 2.25 bits per heavy atom. The van der Waals surface area contributed by atoms with Crippen LogP contribution < -0.4 is 14.4 Å². The van der Waals surface area contributed by atoms with Crippen molar-refractivity contribution in [1.29, 1.82) is 0 Å². The first kappa shape index (κ1) is 34.9. The summed E-state index contributed by atoms with van der Waals surface area (Å²) in [6.07, 6.45) is 3.77. The van der Waals surface area contributed by atoms with Gasteiger partial charge in [-0.25, -0.2) is 12.8 Å². The second kappa shape index (κ2) is 16.1. The van der Waals surface area contributed by atoms with Gasteiger partial charge in [-0.15, -0.1) is 0 Å². The standard InChI is InChI=1S/C37H39ClFN3O5S/c1-2-47-35-19-11-10-18-33(35)42(48(45,46)31-22-20-29(38)21-23-31)26-36(43)41(25-28-14-6-9-17-32(28)39)34(24-27-12-4-3-5-13-27)37(44)40-30-15-7-8-16-30/h3-6,9-14,17-23,30,34H,2,7-8,15-16,24-26H2,1H3,(H,40,44)/t34-/m0/s1. The van der Waals surface area contributed by atoms with Crippen LogP contribution in [0.5, 0.6) is 5.75 Å². The molecule has 0 heterocycles. The van der Waals surface area contributed by atoms with Gasteiger partial charge in [0.05, 0.1) is 17.2 Å². The average molecular weight is 692 g/mol. The summed E-state index contributed by atoms with van der Waals surface area (Å²) in [4.78, 5) is 30.0. The maximum atomic E-state index is 15.2. The third kappa shape index (κ3) is 8.54. The molecule has 1 N–H and O–H groups in total. The van der Waals surface area contributed by atoms with E-state index < -0.39 is 34.3 Å². The van der Waals surface area contributed by atoms with Gasteiger partial charge in [0.1, 0.15) is 24.2 Å². The molecule has 4 aromatic carbocycles. The lowest BCUT2D eigenvalue weighted by Crippen LogP contribution is -2.54. The molecule has 1 atom stereocenters. The number of ether oxygens (including phenoxy) is 1. The summed E-state index contributed by atoms with van der Waals surface area (Å²) >= 11 is 6.07. The predicted octanol–water partition coefficient (Wildman–Crippen LogP) is 6.77. The monoisotopic (exact) mass is 691 g/mol. The SMILES string of the molecule is CCOc1ccccc1N(CC(=O)N(Cc1ccccc1F)[C@@H](Cc1ccccc1)C(=O)NC1CCCC1)S(=O)(=O)c1ccc(Cl)cc1. The first-order valence-electron chi connectivity index (χ1n) is 16.0. The molecule has 48 heavy (non-hydrogen) atoms. The molecule has 5 rings (SSSR count). The molecule has 0 unspecified atom stereocenters. The fraction of sp³-hybridized carbons (Fsp3) is 0.297. The van der Waals surface area contributed by atoms with Crippen molar-refractivity contribution in [2.45, 2.75) is 62.6 Å². The van der Waals surface area contributed by atoms with Crippen LogP contribution in [0.15, 0.2) is 108 Å². The number of rotatable bonds is 14. The predicted molar refractivity (Wildman–Crippen MR) is 185 cm³/mol. The van der Waals surface area contributed by atoms with Gasteiger partial charge >= 0.3 is 0 Å². The molecule has 11 heteroatoms. The van der Waals surface area contributed by atoms with Gasteiger partial charge in [-0.3, -0.25) is 13.9 Å². The first-order valence-corrected chi connectivity index (χ1v) is 17.9. The normalized spacial score (nSPS) is 13.9. The van der Waals surface area contributed by atoms with E-state index in [2.05, 4.69) is 5.32 Å². The minimum absolute atomic E-state index is 0.0407. The summed E-state index contributed by atoms with van der Waals surface area (Å²) in [5.74, 6) is -1.36. The molecule has 0 saturated heterocycles. The lowest BCUT2D eigenvalue weighted by atomic mass is 10.0. The van der Waals surface area contributed by atoms with Crippen LogP contribution in [0.25, 0.3) is 0 Å². The number of halogens is 2. The molecule has 0 aliphatic heterocycles. The summed E-state index contributed by atoms with van der Waals surface area (Å²) < 4.78 is 50.6. The molecular formula is C37H39ClFN3O5S. The molecule has 252 valence electrons. The Kier molecular flexibility index (Phi) is 11.7. The van der Waals surface area contributed by atoms with Crippen molar-refractivity contribution in [3.8, 4) is 5.75 Å². The number of para-hydroxylation sites is 2. The minimum atomic E-state index is -4.37. The van der Waals surface area contributed by atoms with Gasteiger partial charge in [0.25, 0.3) is 10.0 Å². The Morgan fingerprint density at radius 1 is 0.917 bits per heavy atom. The highest BCUT2D eigenvalue weighted by atomic mass is 35.5. The fourth-order valence-corrected chi connectivity index (χ4v) is 7.47. The van der Waals surface area contributed by atoms with Crippen LogP contribution in [0.2, 0.25) is 5.02 Å². The van der Waals surface area contributed by atoms with Gasteiger partial charge in [-0.2, -0.15) is 0 Å². The van der Waals surface area contributed by atoms with E-state index in [1.165, 1.54) is 35.2 Å². The van der Waals surface area contributed by atoms with Gasteiger partial charge < -0.3 is 15.0 Å². The molecule has 1 fully saturated rings. The van der Waals surface area contributed by atoms with Gasteiger partial charge in [-0.05, 0) is 67.8 Å². The lowest BCUT2D eigenvalue weighted by Gasteiger charge is -2.34. The summed E-state index contributed by atoms with van der Waals surface area (Å²) in [7, 11) is -4.37. The van der Waals surface area contributed by atoms with Gasteiger partial charge in [0.15, 0.2) is 0 Å². The molecule has 0 bridgehead atoms. The Labute approximate surface area is 286 Å². The third-order valence-corrected chi connectivity index (χ3v) is 10.4. The number of benzene rings is 4. The van der Waals surface area contributed by atoms with E-state index in [0.29, 0.717) is 5.02 Å². The summed E-state index contributed by atoms with van der Waals surface area (Å²) in [5, 5.41) is 3.46. The number of carbonyl (C=O) groups is 2. The first-order chi connectivity index (χ1) is 23.2. The van der Waals surface area contributed by atoms with E-state index in [9.17, 15) is 18.0 Å². The Balaban J connectivity index is 1.60. The minimum Gasteiger partial charge on any atom is -0.492 e. The molecule has 1 saturated carbocycles. The van der Waals surface area contributed by atoms with Crippen LogP contribution >= 0.6 is 11.6 Å². The molecule has 1 aliphatic carbocycles. The van der Waals surface area contributed by atoms with Gasteiger partial charge in [0.2, 0.25) is 11.8 Å². The van der Waals surface area contributed by atoms with Crippen molar-refractivity contribution >= 4 is 39.1 Å². The number of sulfonamides is 1. The Morgan fingerprint density at radius 2 is 1.56 bits per heavy atom. The third-order valence-electron chi connectivity index (χ3n) is 8.39. The van der Waals surface area contributed by atoms with E-state index in [0.717, 1.165) is 35.6 Å². The summed E-state index contributed by atoms with van der Waals surface area (Å²) in [6, 6.07) is 26.4. The van der Waals surface area contributed by atoms with E-state index in [-0.39, 0.29) is 53.4 Å². The van der Waals surface area contributed by atoms with Crippen LogP contribution in [0, 0.1) is 5.82 Å². The van der Waals surface area contributed by atoms with Crippen molar-refractivity contribution < 1.29 is 27.1 Å². The molecule has 0 radical (unpaired) electrons. The number of anilines is 1. The summed E-state index contributed by atoms with van der Waals surface area (Å²) in [6.45, 7) is 1.07. The van der Waals surface area contributed by atoms with Crippen molar-refractivity contribution in [1.82, 2.24) is 10.2 Å². The second-order valence-corrected chi connectivity index (χ2v) is 14.0. The average Bonchev–Trinajstić information content (AvgIpc) is 3.60. The zero-order valence-electron chi connectivity index (χ0n) is 26.7. The van der Waals surface area contributed by atoms with E-state index in [1.54, 1.807) is 49.4 Å². The Bertz CT molecular complexity index is 1800. The number of hydrogen-bond donors (Lipinski definition) is 1. The van der Waals surface area contributed by atoms with Crippen LogP contribution in [-0.2, 0) is 32.6 Å². The van der Waals surface area contributed by atoms with Crippen molar-refractivity contribution in [3.05, 3.63) is 125 Å². The summed E-state index contributed by atoms with van der Waals surface area (Å²) in [5.41, 5.74) is 1.13. The second-order valence-electron chi connectivity index (χ2n) is 11.7. The van der Waals surface area contributed by atoms with Crippen LogP contribution in [0.1, 0.15) is 43.7 Å². The highest BCUT2D eigenvalue weighted by Crippen LogP contribution is 2.33. The maximum absolute atomic E-state index is 15.2. The molecule has 8 nitrogen and oxygen atoms in total. The smallest absolute Gasteiger partial charge is 0.264 e. The molecular weight excluding hydrogens is 653 g/mol. The molecule has 1 aliphatic rings. The van der Waals surface area contributed by atoms with Crippen molar-refractivity contribution in [2.24, 2.45) is 0 Å². The largest absolute Gasteiger partial charge is 0.492 e. The highest BCUT2D eigenvalue weighted by Gasteiger charge is 2.36. The Hall–Kier alpha value is -4.41. The van der Waals surface area contributed by atoms with Crippen LogP contribution in [-0.4, -0.2) is 50.4 Å². The lowest BCUT2D eigenvalue weighted by molar-refractivity contribution is -0.140. The number of hydrogen-bond acceptors (Lipinski definition) is 5. The quantitative estimate of drug-likeness (QED) is 0.158. The topological polar surface area (TPSA) is 96.0 Å². The maximum Gasteiger partial charge on any atom is 0.264 e. The number of nitrogens with one attached hydrogen (secondary N) is 1. The highest BCUT2D eigenvalue weighted by molar-refractivity contribution is 7.92. The molecule has 4 aromatic rings.